The Morgan fingerprint density at radius 1 is 0.880 bits per heavy atom. The lowest BCUT2D eigenvalue weighted by Gasteiger charge is -2.31. The number of amides is 6. The minimum atomic E-state index is -1.50. The summed E-state index contributed by atoms with van der Waals surface area (Å²) >= 11 is 0. The number of carboxylic acids is 1. The van der Waals surface area contributed by atoms with Gasteiger partial charge in [-0.1, -0.05) is 26.0 Å². The van der Waals surface area contributed by atoms with Crippen molar-refractivity contribution >= 4 is 41.4 Å². The summed E-state index contributed by atoms with van der Waals surface area (Å²) in [6.45, 7) is 6.50. The number of benzene rings is 1. The van der Waals surface area contributed by atoms with Crippen LogP contribution in [0.1, 0.15) is 65.4 Å². The number of likely N-dealkylation sites (tertiary alicyclic amines) is 1. The van der Waals surface area contributed by atoms with Gasteiger partial charge in [0.1, 0.15) is 36.0 Å². The number of phenols is 1. The maximum atomic E-state index is 13.8. The summed E-state index contributed by atoms with van der Waals surface area (Å²) < 4.78 is 0. The van der Waals surface area contributed by atoms with Crippen LogP contribution in [-0.2, 0) is 40.0 Å². The molecule has 1 aliphatic heterocycles. The summed E-state index contributed by atoms with van der Waals surface area (Å²) in [5, 5.41) is 38.6. The largest absolute Gasteiger partial charge is 0.508 e. The van der Waals surface area contributed by atoms with E-state index in [1.54, 1.807) is 12.1 Å². The Bertz CT molecular complexity index is 1370. The number of nitrogens with one attached hydrogen (secondary N) is 5. The van der Waals surface area contributed by atoms with E-state index in [-0.39, 0.29) is 43.9 Å². The zero-order chi connectivity index (χ0) is 37.7. The highest BCUT2D eigenvalue weighted by molar-refractivity contribution is 5.97. The normalized spacial score (nSPS) is 17.8. The molecule has 7 atom stereocenters. The number of hydrogen-bond donors (Lipinski definition) is 10. The van der Waals surface area contributed by atoms with Crippen molar-refractivity contribution in [2.45, 2.75) is 109 Å². The van der Waals surface area contributed by atoms with Crippen molar-refractivity contribution in [2.75, 3.05) is 6.54 Å². The summed E-state index contributed by atoms with van der Waals surface area (Å²) in [5.41, 5.74) is 8.54. The molecule has 1 aliphatic rings. The number of aliphatic hydroxyl groups is 1. The molecule has 50 heavy (non-hydrogen) atoms. The number of carbonyl (C=O) groups excluding carboxylic acids is 6. The van der Waals surface area contributed by atoms with Gasteiger partial charge in [-0.05, 0) is 69.6 Å². The molecule has 0 aliphatic carbocycles. The van der Waals surface area contributed by atoms with Crippen molar-refractivity contribution in [1.82, 2.24) is 31.6 Å². The molecule has 18 nitrogen and oxygen atoms in total. The molecule has 18 heteroatoms. The number of hydrazine groups is 1. The quantitative estimate of drug-likeness (QED) is 0.0430. The second-order valence-corrected chi connectivity index (χ2v) is 12.8. The Balaban J connectivity index is 2.14. The monoisotopic (exact) mass is 706 g/mol. The number of nitrogens with two attached hydrogens (primary N) is 2. The summed E-state index contributed by atoms with van der Waals surface area (Å²) in [7, 11) is 0. The van der Waals surface area contributed by atoms with Gasteiger partial charge in [0.2, 0.25) is 29.5 Å². The van der Waals surface area contributed by atoms with Crippen LogP contribution in [0.5, 0.6) is 5.75 Å². The third-order valence-corrected chi connectivity index (χ3v) is 8.13. The van der Waals surface area contributed by atoms with Crippen molar-refractivity contribution in [3.63, 3.8) is 0 Å². The number of aromatic hydroxyl groups is 1. The van der Waals surface area contributed by atoms with E-state index in [9.17, 15) is 48.9 Å². The van der Waals surface area contributed by atoms with Gasteiger partial charge in [-0.25, -0.2) is 5.84 Å². The molecule has 12 N–H and O–H groups in total. The summed E-state index contributed by atoms with van der Waals surface area (Å²) in [6.07, 6.45) is -1.28. The molecule has 0 radical (unpaired) electrons. The highest BCUT2D eigenvalue weighted by Crippen LogP contribution is 2.21. The molecule has 0 aromatic heterocycles. The number of nitrogens with zero attached hydrogens (tertiary/aromatic N) is 1. The molecule has 2 rings (SSSR count). The number of aliphatic carboxylic acids is 1. The molecule has 0 spiro atoms. The Hall–Kier alpha value is -4.81. The maximum Gasteiger partial charge on any atom is 0.303 e. The van der Waals surface area contributed by atoms with Crippen LogP contribution >= 0.6 is 0 Å². The van der Waals surface area contributed by atoms with E-state index in [1.165, 1.54) is 30.9 Å². The molecule has 1 aromatic rings. The van der Waals surface area contributed by atoms with Crippen molar-refractivity contribution in [2.24, 2.45) is 17.5 Å². The van der Waals surface area contributed by atoms with Crippen LogP contribution in [0.15, 0.2) is 24.3 Å². The number of hydrogen-bond acceptors (Lipinski definition) is 11. The molecule has 1 fully saturated rings. The predicted octanol–water partition coefficient (Wildman–Crippen LogP) is -2.51. The first-order valence-corrected chi connectivity index (χ1v) is 16.4. The maximum absolute atomic E-state index is 13.8. The zero-order valence-electron chi connectivity index (χ0n) is 28.7. The standard InChI is InChI=1S/C32H50N8O10/c1-16(2)14-23(37-27(45)17(3)35-28(46)21(33)15-19-7-9-20(42)10-8-19)32(50)40-13-5-6-24(40)30(48)36-22(11-12-25(43)44)29(47)38-26(18(4)41)31(49)39-34/h7-10,16-18,21-24,26,41-42H,5-6,11-15,33-34H2,1-4H3,(H,35,46)(H,36,48)(H,37,45)(H,38,47)(H,39,49)(H,43,44)/t17-,18+,21-,22-,23-,24-,26-/m0/s1. The van der Waals surface area contributed by atoms with E-state index >= 15 is 0 Å². The third-order valence-electron chi connectivity index (χ3n) is 8.13. The zero-order valence-corrected chi connectivity index (χ0v) is 28.7. The van der Waals surface area contributed by atoms with E-state index in [0.717, 1.165) is 0 Å². The van der Waals surface area contributed by atoms with Crippen LogP contribution in [0.4, 0.5) is 0 Å². The SMILES string of the molecule is CC(C)C[C@H](NC(=O)[C@H](C)NC(=O)[C@@H](N)Cc1ccc(O)cc1)C(=O)N1CCC[C@H]1C(=O)N[C@@H](CCC(=O)O)C(=O)N[C@H](C(=O)NN)[C@@H](C)O. The van der Waals surface area contributed by atoms with Gasteiger partial charge >= 0.3 is 5.97 Å². The molecule has 6 amide bonds. The first kappa shape index (κ1) is 41.4. The van der Waals surface area contributed by atoms with Crippen LogP contribution in [0.2, 0.25) is 0 Å². The Morgan fingerprint density at radius 3 is 2.08 bits per heavy atom. The fraction of sp³-hybridized carbons (Fsp3) is 0.594. The average Bonchev–Trinajstić information content (AvgIpc) is 3.55. The lowest BCUT2D eigenvalue weighted by atomic mass is 10.0. The van der Waals surface area contributed by atoms with Crippen LogP contribution in [0, 0.1) is 5.92 Å². The smallest absolute Gasteiger partial charge is 0.303 e. The summed E-state index contributed by atoms with van der Waals surface area (Å²) in [5.74, 6) is -0.580. The van der Waals surface area contributed by atoms with Crippen molar-refractivity contribution < 1.29 is 48.9 Å². The minimum absolute atomic E-state index is 0.0631. The molecule has 0 bridgehead atoms. The Morgan fingerprint density at radius 2 is 1.52 bits per heavy atom. The number of phenolic OH excluding ortho intramolecular Hbond substituents is 1. The molecular weight excluding hydrogens is 656 g/mol. The van der Waals surface area contributed by atoms with Crippen LogP contribution < -0.4 is 38.3 Å². The molecule has 1 heterocycles. The first-order chi connectivity index (χ1) is 23.4. The van der Waals surface area contributed by atoms with Gasteiger partial charge in [0.15, 0.2) is 0 Å². The van der Waals surface area contributed by atoms with E-state index < -0.39 is 90.2 Å². The summed E-state index contributed by atoms with van der Waals surface area (Å²) in [4.78, 5) is 90.9. The van der Waals surface area contributed by atoms with Crippen molar-refractivity contribution in [3.05, 3.63) is 29.8 Å². The second-order valence-electron chi connectivity index (χ2n) is 12.8. The molecule has 1 aromatic carbocycles. The Kier molecular flexibility index (Phi) is 16.0. The van der Waals surface area contributed by atoms with E-state index in [1.807, 2.05) is 19.3 Å². The molecule has 1 saturated heterocycles. The van der Waals surface area contributed by atoms with Gasteiger partial charge in [0, 0.05) is 13.0 Å². The lowest BCUT2D eigenvalue weighted by Crippen LogP contribution is -2.60. The van der Waals surface area contributed by atoms with E-state index in [0.29, 0.717) is 12.0 Å². The predicted molar refractivity (Wildman–Crippen MR) is 178 cm³/mol. The molecular formula is C32H50N8O10. The number of carboxylic acid groups (broad SMARTS) is 1. The van der Waals surface area contributed by atoms with Crippen LogP contribution in [0.3, 0.4) is 0 Å². The summed E-state index contributed by atoms with van der Waals surface area (Å²) in [6, 6.07) is -0.991. The van der Waals surface area contributed by atoms with Gasteiger partial charge in [0.05, 0.1) is 12.1 Å². The first-order valence-electron chi connectivity index (χ1n) is 16.4. The lowest BCUT2D eigenvalue weighted by molar-refractivity contribution is -0.143. The number of carbonyl (C=O) groups is 7. The van der Waals surface area contributed by atoms with Crippen LogP contribution in [-0.4, -0.2) is 111 Å². The van der Waals surface area contributed by atoms with Gasteiger partial charge in [-0.3, -0.25) is 39.0 Å². The number of rotatable bonds is 18. The molecule has 278 valence electrons. The average molecular weight is 707 g/mol. The fourth-order valence-corrected chi connectivity index (χ4v) is 5.41. The third kappa shape index (κ3) is 12.6. The topological polar surface area (TPSA) is 296 Å². The van der Waals surface area contributed by atoms with Gasteiger partial charge in [0.25, 0.3) is 5.91 Å². The van der Waals surface area contributed by atoms with Gasteiger partial charge in [-0.2, -0.15) is 0 Å². The van der Waals surface area contributed by atoms with Crippen LogP contribution in [0.25, 0.3) is 0 Å². The van der Waals surface area contributed by atoms with Crippen molar-refractivity contribution in [1.29, 1.82) is 0 Å². The second kappa shape index (κ2) is 19.4. The molecule has 0 saturated carbocycles. The minimum Gasteiger partial charge on any atom is -0.508 e. The highest BCUT2D eigenvalue weighted by atomic mass is 16.4. The van der Waals surface area contributed by atoms with Gasteiger partial charge in [-0.15, -0.1) is 0 Å². The highest BCUT2D eigenvalue weighted by Gasteiger charge is 2.40. The van der Waals surface area contributed by atoms with Gasteiger partial charge < -0.3 is 47.2 Å². The number of aliphatic hydroxyl groups excluding tert-OH is 1. The van der Waals surface area contributed by atoms with E-state index in [4.69, 9.17) is 11.6 Å². The van der Waals surface area contributed by atoms with E-state index in [2.05, 4.69) is 21.3 Å². The van der Waals surface area contributed by atoms with Crippen molar-refractivity contribution in [3.8, 4) is 5.75 Å². The molecule has 0 unspecified atom stereocenters. The Labute approximate surface area is 290 Å². The fourth-order valence-electron chi connectivity index (χ4n) is 5.41.